The lowest BCUT2D eigenvalue weighted by atomic mass is 9.73. The van der Waals surface area contributed by atoms with E-state index >= 15 is 0 Å². The highest BCUT2D eigenvalue weighted by Gasteiger charge is 2.35. The van der Waals surface area contributed by atoms with Gasteiger partial charge in [-0.3, -0.25) is 4.79 Å². The second-order valence-electron chi connectivity index (χ2n) is 8.47. The van der Waals surface area contributed by atoms with E-state index in [9.17, 15) is 18.0 Å². The van der Waals surface area contributed by atoms with Gasteiger partial charge in [-0.05, 0) is 58.0 Å². The van der Waals surface area contributed by atoms with Gasteiger partial charge in [0.2, 0.25) is 0 Å². The van der Waals surface area contributed by atoms with Crippen molar-refractivity contribution in [3.63, 3.8) is 0 Å². The van der Waals surface area contributed by atoms with Crippen LogP contribution < -0.4 is 0 Å². The summed E-state index contributed by atoms with van der Waals surface area (Å²) < 4.78 is 45.4. The lowest BCUT2D eigenvalue weighted by molar-refractivity contribution is -0.150. The number of fused-ring (bicyclic) bond motifs is 5. The maximum absolute atomic E-state index is 13.3. The highest BCUT2D eigenvalue weighted by atomic mass is 35.5. The first-order valence-corrected chi connectivity index (χ1v) is 11.1. The van der Waals surface area contributed by atoms with E-state index < -0.39 is 11.7 Å². The molecular formula is C27H20ClF3O2. The first-order chi connectivity index (χ1) is 15.8. The van der Waals surface area contributed by atoms with E-state index in [1.54, 1.807) is 6.07 Å². The number of hydrogen-bond donors (Lipinski definition) is 0. The third-order valence-corrected chi connectivity index (χ3v) is 6.74. The average molecular weight is 469 g/mol. The molecule has 2 aliphatic carbocycles. The van der Waals surface area contributed by atoms with Crippen LogP contribution in [0.1, 0.15) is 41.0 Å². The predicted octanol–water partition coefficient (Wildman–Crippen LogP) is 7.70. The van der Waals surface area contributed by atoms with Crippen LogP contribution >= 0.6 is 11.6 Å². The number of alkyl halides is 3. The number of carbonyl (C=O) groups excluding carboxylic acids is 1. The quantitative estimate of drug-likeness (QED) is 0.368. The fourth-order valence-corrected chi connectivity index (χ4v) is 5.01. The summed E-state index contributed by atoms with van der Waals surface area (Å²) in [5.74, 6) is -0.517. The second kappa shape index (κ2) is 8.38. The van der Waals surface area contributed by atoms with Crippen LogP contribution in [0.3, 0.4) is 0 Å². The summed E-state index contributed by atoms with van der Waals surface area (Å²) in [6, 6.07) is 15.6. The van der Waals surface area contributed by atoms with Crippen LogP contribution in [-0.4, -0.2) is 5.97 Å². The Labute approximate surface area is 194 Å². The molecule has 0 spiro atoms. The number of rotatable bonds is 3. The largest absolute Gasteiger partial charge is 0.461 e. The van der Waals surface area contributed by atoms with Crippen LogP contribution in [0.2, 0.25) is 5.02 Å². The highest BCUT2D eigenvalue weighted by molar-refractivity contribution is 6.32. The van der Waals surface area contributed by atoms with E-state index in [4.69, 9.17) is 16.3 Å². The van der Waals surface area contributed by atoms with Crippen molar-refractivity contribution in [1.82, 2.24) is 0 Å². The molecule has 0 bridgehead atoms. The van der Waals surface area contributed by atoms with E-state index in [0.717, 1.165) is 28.3 Å². The van der Waals surface area contributed by atoms with Crippen LogP contribution in [0.25, 0.3) is 16.8 Å². The van der Waals surface area contributed by atoms with Gasteiger partial charge in [-0.25, -0.2) is 0 Å². The molecule has 0 aromatic heterocycles. The molecule has 0 saturated heterocycles. The van der Waals surface area contributed by atoms with Crippen molar-refractivity contribution in [3.8, 4) is 0 Å². The second-order valence-corrected chi connectivity index (χ2v) is 8.88. The lowest BCUT2D eigenvalue weighted by Gasteiger charge is -2.32. The molecule has 2 atom stereocenters. The molecule has 3 aromatic rings. The van der Waals surface area contributed by atoms with Crippen LogP contribution in [0, 0.1) is 5.92 Å². The molecule has 0 radical (unpaired) electrons. The smallest absolute Gasteiger partial charge is 0.417 e. The van der Waals surface area contributed by atoms with Crippen molar-refractivity contribution in [2.75, 3.05) is 0 Å². The van der Waals surface area contributed by atoms with E-state index in [1.165, 1.54) is 6.07 Å². The van der Waals surface area contributed by atoms with Crippen molar-refractivity contribution < 1.29 is 22.7 Å². The van der Waals surface area contributed by atoms with Gasteiger partial charge in [0.25, 0.3) is 0 Å². The summed E-state index contributed by atoms with van der Waals surface area (Å²) in [5, 5.41) is 0.843. The van der Waals surface area contributed by atoms with Crippen molar-refractivity contribution in [3.05, 3.63) is 99.6 Å². The zero-order chi connectivity index (χ0) is 23.2. The van der Waals surface area contributed by atoms with Crippen molar-refractivity contribution >= 4 is 34.4 Å². The summed E-state index contributed by atoms with van der Waals surface area (Å²) in [5.41, 5.74) is 3.06. The van der Waals surface area contributed by atoms with Crippen LogP contribution in [0.5, 0.6) is 0 Å². The number of hydrogen-bond acceptors (Lipinski definition) is 2. The zero-order valence-electron chi connectivity index (χ0n) is 17.5. The normalized spacial score (nSPS) is 19.6. The Bertz CT molecular complexity index is 1290. The van der Waals surface area contributed by atoms with Crippen molar-refractivity contribution in [2.45, 2.75) is 31.5 Å². The van der Waals surface area contributed by atoms with Gasteiger partial charge >= 0.3 is 12.1 Å². The van der Waals surface area contributed by atoms with Gasteiger partial charge in [-0.2, -0.15) is 13.2 Å². The molecule has 5 rings (SSSR count). The average Bonchev–Trinajstić information content (AvgIpc) is 2.81. The lowest BCUT2D eigenvalue weighted by Crippen LogP contribution is -2.24. The Morgan fingerprint density at radius 2 is 1.85 bits per heavy atom. The number of allylic oxidation sites excluding steroid dienone is 3. The van der Waals surface area contributed by atoms with E-state index in [-0.39, 0.29) is 29.4 Å². The molecule has 2 nitrogen and oxygen atoms in total. The number of ether oxygens (including phenoxy) is 1. The predicted molar refractivity (Wildman–Crippen MR) is 123 cm³/mol. The summed E-state index contributed by atoms with van der Waals surface area (Å²) in [6.07, 6.45) is 2.67. The van der Waals surface area contributed by atoms with Crippen LogP contribution in [-0.2, 0) is 22.3 Å². The summed E-state index contributed by atoms with van der Waals surface area (Å²) >= 11 is 6.00. The molecule has 33 heavy (non-hydrogen) atoms. The van der Waals surface area contributed by atoms with E-state index in [1.807, 2.05) is 48.6 Å². The minimum absolute atomic E-state index is 0.0153. The Kier molecular flexibility index (Phi) is 5.53. The van der Waals surface area contributed by atoms with Crippen LogP contribution in [0.15, 0.2) is 72.3 Å². The fourth-order valence-electron chi connectivity index (χ4n) is 4.74. The minimum Gasteiger partial charge on any atom is -0.461 e. The van der Waals surface area contributed by atoms with Gasteiger partial charge in [-0.1, -0.05) is 72.3 Å². The molecule has 2 unspecified atom stereocenters. The summed E-state index contributed by atoms with van der Waals surface area (Å²) in [6.45, 7) is 0.235. The molecule has 0 saturated carbocycles. The third-order valence-electron chi connectivity index (χ3n) is 6.42. The molecule has 168 valence electrons. The van der Waals surface area contributed by atoms with Crippen molar-refractivity contribution in [2.24, 2.45) is 5.92 Å². The first-order valence-electron chi connectivity index (χ1n) is 10.7. The summed E-state index contributed by atoms with van der Waals surface area (Å²) in [4.78, 5) is 12.8. The Hall–Kier alpha value is -3.05. The van der Waals surface area contributed by atoms with Gasteiger partial charge in [0.1, 0.15) is 6.61 Å². The number of halogens is 4. The number of esters is 1. The number of benzene rings is 3. The highest BCUT2D eigenvalue weighted by Crippen LogP contribution is 2.46. The molecule has 6 heteroatoms. The molecule has 2 aliphatic rings. The van der Waals surface area contributed by atoms with Gasteiger partial charge in [0.15, 0.2) is 0 Å². The zero-order valence-corrected chi connectivity index (χ0v) is 18.3. The Morgan fingerprint density at radius 3 is 2.61 bits per heavy atom. The minimum atomic E-state index is -4.51. The molecule has 0 N–H and O–H groups in total. The third kappa shape index (κ3) is 4.18. The van der Waals surface area contributed by atoms with E-state index in [2.05, 4.69) is 6.08 Å². The van der Waals surface area contributed by atoms with Gasteiger partial charge in [-0.15, -0.1) is 0 Å². The molecule has 0 fully saturated rings. The maximum atomic E-state index is 13.3. The molecular weight excluding hydrogens is 449 g/mol. The van der Waals surface area contributed by atoms with Crippen LogP contribution in [0.4, 0.5) is 13.2 Å². The molecule has 0 amide bonds. The topological polar surface area (TPSA) is 26.3 Å². The van der Waals surface area contributed by atoms with Gasteiger partial charge in [0.05, 0.1) is 16.5 Å². The van der Waals surface area contributed by atoms with Gasteiger partial charge < -0.3 is 4.74 Å². The summed E-state index contributed by atoms with van der Waals surface area (Å²) in [7, 11) is 0. The fraction of sp³-hybridized carbons (Fsp3) is 0.222. The standard InChI is InChI=1S/C27H20ClF3O2/c28-25-14-23-18(13-24(25)27(29,30)31)9-11-20-21(23)10-8-17-6-7-19(12-22(17)20)26(32)33-15-16-4-2-1-3-5-16/h1-6,8-11,13-14,19,22H,7,12,15H2. The Morgan fingerprint density at radius 1 is 1.06 bits per heavy atom. The maximum Gasteiger partial charge on any atom is 0.417 e. The first kappa shape index (κ1) is 21.8. The van der Waals surface area contributed by atoms with Gasteiger partial charge in [0, 0.05) is 5.92 Å². The van der Waals surface area contributed by atoms with Crippen molar-refractivity contribution in [1.29, 1.82) is 0 Å². The molecule has 3 aromatic carbocycles. The SMILES string of the molecule is O=C(OCc1ccccc1)C1CC=C2C=Cc3c(ccc4cc(C(F)(F)F)c(Cl)cc34)C2C1. The monoisotopic (exact) mass is 468 g/mol. The Balaban J connectivity index is 1.42. The molecule has 0 aliphatic heterocycles. The number of carbonyl (C=O) groups is 1. The van der Waals surface area contributed by atoms with E-state index in [0.29, 0.717) is 23.6 Å². The molecule has 0 heterocycles.